The molecule has 1 saturated carbocycles. The Kier molecular flexibility index (Phi) is 7.01. The number of aliphatic imine (C=N–C) groups is 1. The number of imide groups is 1. The van der Waals surface area contributed by atoms with Crippen molar-refractivity contribution < 1.29 is 23.5 Å². The first-order valence-electron chi connectivity index (χ1n) is 10.7. The first-order chi connectivity index (χ1) is 14.7. The molecule has 1 aromatic carbocycles. The maximum absolute atomic E-state index is 15.0. The van der Waals surface area contributed by atoms with E-state index < -0.39 is 28.9 Å². The van der Waals surface area contributed by atoms with Gasteiger partial charge in [0.2, 0.25) is 0 Å². The summed E-state index contributed by atoms with van der Waals surface area (Å²) >= 11 is 4.73. The van der Waals surface area contributed by atoms with Gasteiger partial charge in [0.05, 0.1) is 5.54 Å². The van der Waals surface area contributed by atoms with Crippen LogP contribution in [-0.2, 0) is 15.0 Å². The maximum atomic E-state index is 15.0. The molecule has 2 amide bonds. The highest BCUT2D eigenvalue weighted by atomic mass is 79.9. The fraction of sp³-hybridized carbons (Fsp3) is 0.609. The number of halogens is 2. The van der Waals surface area contributed by atoms with Crippen LogP contribution in [0.3, 0.4) is 0 Å². The van der Waals surface area contributed by atoms with Gasteiger partial charge in [0, 0.05) is 15.8 Å². The Morgan fingerprint density at radius 3 is 2.31 bits per heavy atom. The first-order valence-corrected chi connectivity index (χ1v) is 12.4. The van der Waals surface area contributed by atoms with E-state index in [1.54, 1.807) is 53.7 Å². The molecule has 9 heteroatoms. The zero-order valence-electron chi connectivity index (χ0n) is 19.3. The van der Waals surface area contributed by atoms with Crippen LogP contribution in [0.25, 0.3) is 0 Å². The van der Waals surface area contributed by atoms with Gasteiger partial charge >= 0.3 is 12.2 Å². The van der Waals surface area contributed by atoms with E-state index >= 15 is 0 Å². The number of carbonyl (C=O) groups excluding carboxylic acids is 2. The molecule has 0 N–H and O–H groups in total. The van der Waals surface area contributed by atoms with Crippen LogP contribution < -0.4 is 0 Å². The van der Waals surface area contributed by atoms with Gasteiger partial charge in [-0.3, -0.25) is 0 Å². The number of amidine groups is 1. The van der Waals surface area contributed by atoms with E-state index in [2.05, 4.69) is 15.9 Å². The third-order valence-corrected chi connectivity index (χ3v) is 6.83. The molecule has 1 aliphatic heterocycles. The second-order valence-electron chi connectivity index (χ2n) is 10.1. The zero-order valence-corrected chi connectivity index (χ0v) is 21.7. The average Bonchev–Trinajstić information content (AvgIpc) is 3.05. The predicted molar refractivity (Wildman–Crippen MR) is 127 cm³/mol. The molecule has 0 bridgehead atoms. The summed E-state index contributed by atoms with van der Waals surface area (Å²) in [6.45, 7) is 10.3. The molecule has 32 heavy (non-hydrogen) atoms. The predicted octanol–water partition coefficient (Wildman–Crippen LogP) is 6.86. The van der Waals surface area contributed by atoms with E-state index in [-0.39, 0.29) is 16.9 Å². The van der Waals surface area contributed by atoms with Gasteiger partial charge in [0.25, 0.3) is 0 Å². The minimum atomic E-state index is -0.862. The summed E-state index contributed by atoms with van der Waals surface area (Å²) in [5.41, 5.74) is -2.01. The summed E-state index contributed by atoms with van der Waals surface area (Å²) in [7, 11) is 0. The Morgan fingerprint density at radius 1 is 1.16 bits per heavy atom. The largest absolute Gasteiger partial charge is 0.443 e. The van der Waals surface area contributed by atoms with Crippen molar-refractivity contribution in [2.75, 3.05) is 5.75 Å². The Bertz CT molecular complexity index is 913. The summed E-state index contributed by atoms with van der Waals surface area (Å²) in [6, 6.07) is 4.81. The van der Waals surface area contributed by atoms with Crippen LogP contribution in [0.4, 0.5) is 14.0 Å². The summed E-state index contributed by atoms with van der Waals surface area (Å²) in [4.78, 5) is 31.9. The summed E-state index contributed by atoms with van der Waals surface area (Å²) in [5.74, 6) is 0.350. The zero-order chi connectivity index (χ0) is 23.9. The fourth-order valence-electron chi connectivity index (χ4n) is 4.01. The van der Waals surface area contributed by atoms with Gasteiger partial charge in [0.15, 0.2) is 5.17 Å². The first kappa shape index (κ1) is 25.0. The highest BCUT2D eigenvalue weighted by Crippen LogP contribution is 2.52. The van der Waals surface area contributed by atoms with Crippen LogP contribution in [0.1, 0.15) is 66.4 Å². The van der Waals surface area contributed by atoms with Gasteiger partial charge in [-0.2, -0.15) is 4.90 Å². The molecule has 2 atom stereocenters. The van der Waals surface area contributed by atoms with E-state index in [4.69, 9.17) is 14.5 Å². The number of nitrogens with zero attached hydrogens (tertiary/aromatic N) is 2. The molecule has 0 saturated heterocycles. The number of benzene rings is 1. The van der Waals surface area contributed by atoms with Crippen molar-refractivity contribution in [3.8, 4) is 0 Å². The summed E-state index contributed by atoms with van der Waals surface area (Å²) < 4.78 is 26.7. The molecular weight excluding hydrogens is 499 g/mol. The number of ether oxygens (including phenoxy) is 2. The number of hydrogen-bond donors (Lipinski definition) is 0. The van der Waals surface area contributed by atoms with E-state index in [1.165, 1.54) is 17.8 Å². The van der Waals surface area contributed by atoms with Crippen molar-refractivity contribution in [1.82, 2.24) is 4.90 Å². The Balaban J connectivity index is 2.10. The lowest BCUT2D eigenvalue weighted by Crippen LogP contribution is -2.49. The summed E-state index contributed by atoms with van der Waals surface area (Å²) in [6.07, 6.45) is 0.686. The maximum Gasteiger partial charge on any atom is 0.426 e. The minimum absolute atomic E-state index is 0.0965. The van der Waals surface area contributed by atoms with E-state index in [0.717, 1.165) is 22.2 Å². The van der Waals surface area contributed by atoms with Gasteiger partial charge in [-0.15, -0.1) is 0 Å². The molecule has 3 rings (SSSR count). The Morgan fingerprint density at radius 2 is 1.75 bits per heavy atom. The molecule has 0 spiro atoms. The van der Waals surface area contributed by atoms with Crippen molar-refractivity contribution in [3.63, 3.8) is 0 Å². The molecule has 1 aliphatic carbocycles. The molecular formula is C23H30BrFN2O4S. The van der Waals surface area contributed by atoms with Crippen LogP contribution in [0.2, 0.25) is 0 Å². The Labute approximate surface area is 201 Å². The minimum Gasteiger partial charge on any atom is -0.443 e. The van der Waals surface area contributed by atoms with E-state index in [1.807, 2.05) is 0 Å². The number of amides is 2. The van der Waals surface area contributed by atoms with Crippen molar-refractivity contribution >= 4 is 45.0 Å². The fourth-order valence-corrected chi connectivity index (χ4v) is 5.67. The third-order valence-electron chi connectivity index (χ3n) is 5.23. The SMILES string of the molecule is CC(C)(C)OC(=O)N(C(=O)OC(C)(C)C)C1=N[C@@]2(c3cc(Br)ccc3F)CCC[C@H]2CS1. The highest BCUT2D eigenvalue weighted by molar-refractivity contribution is 9.10. The molecule has 176 valence electrons. The molecule has 2 aliphatic rings. The quantitative estimate of drug-likeness (QED) is 0.398. The topological polar surface area (TPSA) is 68.2 Å². The van der Waals surface area contributed by atoms with Gasteiger partial charge in [-0.1, -0.05) is 34.1 Å². The highest BCUT2D eigenvalue weighted by Gasteiger charge is 2.50. The van der Waals surface area contributed by atoms with Crippen molar-refractivity contribution in [2.45, 2.75) is 77.5 Å². The molecule has 1 heterocycles. The number of fused-ring (bicyclic) bond motifs is 1. The van der Waals surface area contributed by atoms with E-state index in [0.29, 0.717) is 17.7 Å². The second-order valence-corrected chi connectivity index (χ2v) is 12.0. The number of rotatable bonds is 1. The molecule has 0 radical (unpaired) electrons. The standard InChI is InChI=1S/C23H30BrFN2O4S/c1-21(2,3)30-19(28)27(20(29)31-22(4,5)6)18-26-23(11-7-8-14(23)13-32-18)16-12-15(24)9-10-17(16)25/h9-10,12,14H,7-8,11,13H2,1-6H3/t14-,23-/m0/s1. The normalized spacial score (nSPS) is 23.2. The lowest BCUT2D eigenvalue weighted by Gasteiger charge is -2.39. The molecule has 0 aromatic heterocycles. The average molecular weight is 529 g/mol. The lowest BCUT2D eigenvalue weighted by molar-refractivity contribution is 0.0150. The molecule has 1 aromatic rings. The second kappa shape index (κ2) is 8.97. The monoisotopic (exact) mass is 528 g/mol. The molecule has 6 nitrogen and oxygen atoms in total. The lowest BCUT2D eigenvalue weighted by atomic mass is 9.81. The van der Waals surface area contributed by atoms with Crippen molar-refractivity contribution in [2.24, 2.45) is 10.9 Å². The van der Waals surface area contributed by atoms with Crippen LogP contribution in [0, 0.1) is 11.7 Å². The number of thioether (sulfide) groups is 1. The number of carbonyl (C=O) groups is 2. The Hall–Kier alpha value is -1.61. The van der Waals surface area contributed by atoms with Gasteiger partial charge < -0.3 is 9.47 Å². The third kappa shape index (κ3) is 5.47. The van der Waals surface area contributed by atoms with Crippen LogP contribution >= 0.6 is 27.7 Å². The van der Waals surface area contributed by atoms with Gasteiger partial charge in [-0.05, 0) is 78.5 Å². The van der Waals surface area contributed by atoms with Gasteiger partial charge in [0.1, 0.15) is 17.0 Å². The van der Waals surface area contributed by atoms with E-state index in [9.17, 15) is 14.0 Å². The van der Waals surface area contributed by atoms with Crippen molar-refractivity contribution in [1.29, 1.82) is 0 Å². The smallest absolute Gasteiger partial charge is 0.426 e. The van der Waals surface area contributed by atoms with Crippen LogP contribution in [0.5, 0.6) is 0 Å². The summed E-state index contributed by atoms with van der Waals surface area (Å²) in [5, 5.41) is 0.172. The van der Waals surface area contributed by atoms with Crippen LogP contribution in [0.15, 0.2) is 27.7 Å². The van der Waals surface area contributed by atoms with Crippen LogP contribution in [-0.4, -0.2) is 39.2 Å². The molecule has 0 unspecified atom stereocenters. The van der Waals surface area contributed by atoms with Crippen molar-refractivity contribution in [3.05, 3.63) is 34.1 Å². The van der Waals surface area contributed by atoms with Gasteiger partial charge in [-0.25, -0.2) is 19.0 Å². The molecule has 1 fully saturated rings. The number of hydrogen-bond acceptors (Lipinski definition) is 6.